The minimum Gasteiger partial charge on any atom is -0.496 e. The van der Waals surface area contributed by atoms with Gasteiger partial charge in [0.25, 0.3) is 0 Å². The van der Waals surface area contributed by atoms with Crippen molar-refractivity contribution in [2.45, 2.75) is 10.6 Å². The van der Waals surface area contributed by atoms with Crippen LogP contribution in [-0.2, 0) is 5.75 Å². The van der Waals surface area contributed by atoms with Crippen molar-refractivity contribution in [1.82, 2.24) is 0 Å². The summed E-state index contributed by atoms with van der Waals surface area (Å²) in [7, 11) is 1.64. The van der Waals surface area contributed by atoms with Gasteiger partial charge in [0.05, 0.1) is 17.7 Å². The van der Waals surface area contributed by atoms with Gasteiger partial charge in [-0.25, -0.2) is 4.79 Å². The van der Waals surface area contributed by atoms with E-state index in [9.17, 15) is 4.79 Å². The topological polar surface area (TPSA) is 46.5 Å². The minimum atomic E-state index is -0.979. The van der Waals surface area contributed by atoms with E-state index in [4.69, 9.17) is 21.4 Å². The van der Waals surface area contributed by atoms with Crippen LogP contribution in [0.1, 0.15) is 15.9 Å². The van der Waals surface area contributed by atoms with Crippen molar-refractivity contribution in [3.63, 3.8) is 0 Å². The summed E-state index contributed by atoms with van der Waals surface area (Å²) in [6.07, 6.45) is 0. The fourth-order valence-electron chi connectivity index (χ4n) is 1.73. The zero-order chi connectivity index (χ0) is 14.5. The number of ether oxygens (including phenoxy) is 1. The van der Waals surface area contributed by atoms with E-state index in [1.807, 2.05) is 24.3 Å². The van der Waals surface area contributed by atoms with Crippen LogP contribution in [0, 0.1) is 0 Å². The lowest BCUT2D eigenvalue weighted by Gasteiger charge is -2.09. The summed E-state index contributed by atoms with van der Waals surface area (Å²) in [6.45, 7) is 0. The third-order valence-corrected chi connectivity index (χ3v) is 4.30. The van der Waals surface area contributed by atoms with Crippen LogP contribution in [0.2, 0.25) is 5.02 Å². The van der Waals surface area contributed by atoms with Crippen molar-refractivity contribution >= 4 is 29.3 Å². The van der Waals surface area contributed by atoms with Crippen LogP contribution in [0.3, 0.4) is 0 Å². The van der Waals surface area contributed by atoms with E-state index in [0.29, 0.717) is 10.8 Å². The minimum absolute atomic E-state index is 0.191. The molecule has 0 aliphatic rings. The first kappa shape index (κ1) is 14.8. The summed E-state index contributed by atoms with van der Waals surface area (Å²) in [5.41, 5.74) is 1.26. The Labute approximate surface area is 126 Å². The molecule has 2 aromatic carbocycles. The summed E-state index contributed by atoms with van der Waals surface area (Å²) in [5.74, 6) is 0.558. The molecule has 0 spiro atoms. The zero-order valence-electron chi connectivity index (χ0n) is 10.8. The van der Waals surface area contributed by atoms with Crippen molar-refractivity contribution in [3.8, 4) is 5.75 Å². The summed E-state index contributed by atoms with van der Waals surface area (Å²) >= 11 is 7.64. The maximum absolute atomic E-state index is 10.8. The Bertz CT molecular complexity index is 628. The highest BCUT2D eigenvalue weighted by atomic mass is 35.5. The summed E-state index contributed by atoms with van der Waals surface area (Å²) in [6, 6.07) is 12.5. The van der Waals surface area contributed by atoms with Crippen LogP contribution in [-0.4, -0.2) is 18.2 Å². The Morgan fingerprint density at radius 3 is 2.70 bits per heavy atom. The predicted octanol–water partition coefficient (Wildman–Crippen LogP) is 4.34. The monoisotopic (exact) mass is 308 g/mol. The van der Waals surface area contributed by atoms with Crippen LogP contribution in [0.5, 0.6) is 5.75 Å². The second-order valence-electron chi connectivity index (χ2n) is 4.05. The quantitative estimate of drug-likeness (QED) is 0.835. The largest absolute Gasteiger partial charge is 0.496 e. The van der Waals surface area contributed by atoms with E-state index in [2.05, 4.69) is 0 Å². The molecular formula is C15H13ClO3S. The van der Waals surface area contributed by atoms with Crippen molar-refractivity contribution < 1.29 is 14.6 Å². The number of hydrogen-bond donors (Lipinski definition) is 1. The number of halogens is 1. The van der Waals surface area contributed by atoms with E-state index < -0.39 is 5.97 Å². The van der Waals surface area contributed by atoms with E-state index in [1.165, 1.54) is 6.07 Å². The summed E-state index contributed by atoms with van der Waals surface area (Å²) < 4.78 is 5.29. The number of carboxylic acids is 1. The first-order chi connectivity index (χ1) is 9.61. The van der Waals surface area contributed by atoms with Crippen molar-refractivity contribution in [3.05, 3.63) is 58.6 Å². The third kappa shape index (κ3) is 3.46. The molecule has 5 heteroatoms. The Morgan fingerprint density at radius 2 is 2.05 bits per heavy atom. The Morgan fingerprint density at radius 1 is 1.30 bits per heavy atom. The molecule has 3 nitrogen and oxygen atoms in total. The Balaban J connectivity index is 2.13. The van der Waals surface area contributed by atoms with Gasteiger partial charge < -0.3 is 9.84 Å². The van der Waals surface area contributed by atoms with Gasteiger partial charge in [0.15, 0.2) is 0 Å². The second kappa shape index (κ2) is 6.68. The molecule has 0 atom stereocenters. The number of benzene rings is 2. The van der Waals surface area contributed by atoms with Gasteiger partial charge in [-0.15, -0.1) is 11.8 Å². The Kier molecular flexibility index (Phi) is 4.93. The molecule has 20 heavy (non-hydrogen) atoms. The highest BCUT2D eigenvalue weighted by molar-refractivity contribution is 7.98. The van der Waals surface area contributed by atoms with Gasteiger partial charge in [-0.05, 0) is 24.3 Å². The van der Waals surface area contributed by atoms with E-state index >= 15 is 0 Å². The molecule has 0 aliphatic carbocycles. The Hall–Kier alpha value is -1.65. The molecule has 0 bridgehead atoms. The fourth-order valence-corrected chi connectivity index (χ4v) is 2.98. The SMILES string of the molecule is COc1ccccc1CSc1ccc(C(=O)O)cc1Cl. The number of carbonyl (C=O) groups is 1. The second-order valence-corrected chi connectivity index (χ2v) is 5.48. The zero-order valence-corrected chi connectivity index (χ0v) is 12.4. The molecule has 0 saturated carbocycles. The van der Waals surface area contributed by atoms with E-state index in [1.54, 1.807) is 31.0 Å². The number of rotatable bonds is 5. The van der Waals surface area contributed by atoms with Crippen LogP contribution >= 0.6 is 23.4 Å². The highest BCUT2D eigenvalue weighted by Gasteiger charge is 2.09. The van der Waals surface area contributed by atoms with Gasteiger partial charge in [-0.3, -0.25) is 0 Å². The molecule has 0 radical (unpaired) electrons. The first-order valence-corrected chi connectivity index (χ1v) is 7.25. The van der Waals surface area contributed by atoms with Gasteiger partial charge in [0.2, 0.25) is 0 Å². The molecule has 0 amide bonds. The van der Waals surface area contributed by atoms with Crippen LogP contribution in [0.15, 0.2) is 47.4 Å². The van der Waals surface area contributed by atoms with Gasteiger partial charge in [0.1, 0.15) is 5.75 Å². The van der Waals surface area contributed by atoms with Crippen LogP contribution in [0.25, 0.3) is 0 Å². The average Bonchev–Trinajstić information content (AvgIpc) is 2.46. The smallest absolute Gasteiger partial charge is 0.335 e. The molecular weight excluding hydrogens is 296 g/mol. The molecule has 2 rings (SSSR count). The summed E-state index contributed by atoms with van der Waals surface area (Å²) in [5, 5.41) is 9.34. The predicted molar refractivity (Wildman–Crippen MR) is 81.0 cm³/mol. The number of hydrogen-bond acceptors (Lipinski definition) is 3. The van der Waals surface area contributed by atoms with Gasteiger partial charge in [-0.2, -0.15) is 0 Å². The molecule has 2 aromatic rings. The van der Waals surface area contributed by atoms with E-state index in [-0.39, 0.29) is 5.56 Å². The molecule has 0 saturated heterocycles. The maximum Gasteiger partial charge on any atom is 0.335 e. The molecule has 0 aliphatic heterocycles. The normalized spacial score (nSPS) is 10.3. The van der Waals surface area contributed by atoms with Crippen molar-refractivity contribution in [2.24, 2.45) is 0 Å². The average molecular weight is 309 g/mol. The van der Waals surface area contributed by atoms with E-state index in [0.717, 1.165) is 16.2 Å². The van der Waals surface area contributed by atoms with Crippen LogP contribution < -0.4 is 4.74 Å². The molecule has 0 unspecified atom stereocenters. The fraction of sp³-hybridized carbons (Fsp3) is 0.133. The molecule has 0 aromatic heterocycles. The molecule has 0 heterocycles. The standard InChI is InChI=1S/C15H13ClO3S/c1-19-13-5-3-2-4-11(13)9-20-14-7-6-10(15(17)18)8-12(14)16/h2-8H,9H2,1H3,(H,17,18). The lowest BCUT2D eigenvalue weighted by Crippen LogP contribution is -1.95. The lowest BCUT2D eigenvalue weighted by molar-refractivity contribution is 0.0697. The molecule has 1 N–H and O–H groups in total. The number of carboxylic acid groups (broad SMARTS) is 1. The van der Waals surface area contributed by atoms with Crippen molar-refractivity contribution in [1.29, 1.82) is 0 Å². The lowest BCUT2D eigenvalue weighted by atomic mass is 10.2. The number of para-hydroxylation sites is 1. The highest BCUT2D eigenvalue weighted by Crippen LogP contribution is 2.32. The number of thioether (sulfide) groups is 1. The van der Waals surface area contributed by atoms with Gasteiger partial charge in [-0.1, -0.05) is 29.8 Å². The maximum atomic E-state index is 10.8. The number of aromatic carboxylic acids is 1. The van der Waals surface area contributed by atoms with Gasteiger partial charge in [0, 0.05) is 16.2 Å². The summed E-state index contributed by atoms with van der Waals surface area (Å²) in [4.78, 5) is 11.7. The first-order valence-electron chi connectivity index (χ1n) is 5.89. The molecule has 104 valence electrons. The third-order valence-electron chi connectivity index (χ3n) is 2.75. The van der Waals surface area contributed by atoms with Crippen LogP contribution in [0.4, 0.5) is 0 Å². The number of methoxy groups -OCH3 is 1. The molecule has 0 fully saturated rings. The van der Waals surface area contributed by atoms with Crippen molar-refractivity contribution in [2.75, 3.05) is 7.11 Å². The van der Waals surface area contributed by atoms with Gasteiger partial charge >= 0.3 is 5.97 Å².